The second-order valence-electron chi connectivity index (χ2n) is 20.0. The molecule has 80 heavy (non-hydrogen) atoms. The molecule has 4 aromatic carbocycles. The first-order chi connectivity index (χ1) is 39.0. The highest BCUT2D eigenvalue weighted by Gasteiger charge is 2.15. The predicted molar refractivity (Wildman–Crippen MR) is 318 cm³/mol. The van der Waals surface area contributed by atoms with Crippen molar-refractivity contribution in [1.29, 1.82) is 0 Å². The number of esters is 2. The number of carbonyl (C=O) groups excluding carboxylic acids is 4. The van der Waals surface area contributed by atoms with E-state index in [1.165, 1.54) is 135 Å². The molecule has 0 fully saturated rings. The maximum absolute atomic E-state index is 13.1. The molecule has 0 saturated heterocycles. The van der Waals surface area contributed by atoms with Gasteiger partial charge in [0.15, 0.2) is 0 Å². The number of carbonyl (C=O) groups is 4. The molecule has 0 aliphatic carbocycles. The Hall–Kier alpha value is -8.56. The quantitative estimate of drug-likeness (QED) is 0.0343. The fourth-order valence-corrected chi connectivity index (χ4v) is 9.70. The van der Waals surface area contributed by atoms with Gasteiger partial charge in [0.2, 0.25) is 0 Å². The van der Waals surface area contributed by atoms with Crippen LogP contribution in [0.2, 0.25) is 0 Å². The van der Waals surface area contributed by atoms with E-state index in [9.17, 15) is 28.8 Å². The van der Waals surface area contributed by atoms with Crippen LogP contribution in [0.15, 0.2) is 156 Å². The highest BCUT2D eigenvalue weighted by atomic mass is 16.5. The topological polar surface area (TPSA) is 207 Å². The number of anilines is 2. The van der Waals surface area contributed by atoms with Gasteiger partial charge in [-0.25, -0.2) is 0 Å². The standard InChI is InChI=1S/C35H41N3O4.C30H32N4O4/c1-3-4-5-6-7-8-9-10-11-14-26-15-13-18-30-31(26)22-36-23-32(30)27-16-12-17-28(21-27)35(41)37-29-19-20-33(39)38(24-29)25-34(40)42-2;1-38-29(36)20-34-19-25(11-13-28(34)35)33-30(37)23-9-6-8-22(16-23)27-18-32-17-24-15-21(10-12-26(24)27)7-4-2-3-5-14-31/h12-13,15-24H,3-11,14,25H2,1-2H3,(H,37,41);6,8-13,15-19H,2-5,7,14,20,31H2,1H3,(H,33,37). The summed E-state index contributed by atoms with van der Waals surface area (Å²) in [7, 11) is 2.51. The van der Waals surface area contributed by atoms with Crippen molar-refractivity contribution in [3.63, 3.8) is 0 Å². The number of pyridine rings is 4. The summed E-state index contributed by atoms with van der Waals surface area (Å²) in [6, 6.07) is 33.3. The fourth-order valence-electron chi connectivity index (χ4n) is 9.70. The highest BCUT2D eigenvalue weighted by molar-refractivity contribution is 6.07. The second-order valence-corrected chi connectivity index (χ2v) is 20.0. The van der Waals surface area contributed by atoms with Crippen LogP contribution in [0.3, 0.4) is 0 Å². The van der Waals surface area contributed by atoms with Crippen molar-refractivity contribution in [2.24, 2.45) is 5.73 Å². The van der Waals surface area contributed by atoms with E-state index in [-0.39, 0.29) is 36.0 Å². The molecule has 15 heteroatoms. The average Bonchev–Trinajstić information content (AvgIpc) is 3.59. The lowest BCUT2D eigenvalue weighted by Gasteiger charge is -2.12. The number of amides is 2. The number of nitrogens with one attached hydrogen (secondary N) is 2. The van der Waals surface area contributed by atoms with E-state index in [0.29, 0.717) is 22.5 Å². The number of nitrogens with zero attached hydrogens (tertiary/aromatic N) is 4. The van der Waals surface area contributed by atoms with Gasteiger partial charge in [0, 0.05) is 82.3 Å². The Balaban J connectivity index is 0.000000232. The average molecular weight is 1080 g/mol. The number of hydrogen-bond donors (Lipinski definition) is 3. The molecule has 0 aliphatic rings. The molecule has 8 rings (SSSR count). The third-order valence-electron chi connectivity index (χ3n) is 14.1. The Morgan fingerprint density at radius 2 is 1.02 bits per heavy atom. The molecular weight excluding hydrogens is 1010 g/mol. The van der Waals surface area contributed by atoms with Gasteiger partial charge in [-0.05, 0) is 114 Å². The van der Waals surface area contributed by atoms with E-state index < -0.39 is 11.9 Å². The Kier molecular flexibility index (Phi) is 22.6. The summed E-state index contributed by atoms with van der Waals surface area (Å²) in [5, 5.41) is 10.0. The van der Waals surface area contributed by atoms with Gasteiger partial charge in [0.1, 0.15) is 13.1 Å². The first kappa shape index (κ1) is 59.1. The van der Waals surface area contributed by atoms with Crippen molar-refractivity contribution in [2.45, 2.75) is 116 Å². The number of unbranched alkanes of at least 4 members (excludes halogenated alkanes) is 11. The SMILES string of the molecule is CCCCCCCCCCCc1cccc2c(-c3cccc(C(=O)Nc4ccc(=O)n(CC(=O)OC)c4)c3)cncc12.COC(=O)Cn1cc(NC(=O)c2cccc(-c3cncc4cc(CCCCCCN)ccc34)c2)ccc1=O. The van der Waals surface area contributed by atoms with Crippen LogP contribution in [-0.2, 0) is 45.0 Å². The van der Waals surface area contributed by atoms with Gasteiger partial charge < -0.3 is 35.0 Å². The fraction of sp³-hybridized carbons (Fsp3) is 0.323. The van der Waals surface area contributed by atoms with E-state index in [1.807, 2.05) is 61.2 Å². The number of benzene rings is 4. The van der Waals surface area contributed by atoms with Crippen LogP contribution in [-0.4, -0.2) is 63.6 Å². The Morgan fingerprint density at radius 1 is 0.512 bits per heavy atom. The minimum absolute atomic E-state index is 0.232. The van der Waals surface area contributed by atoms with Gasteiger partial charge in [-0.3, -0.25) is 38.7 Å². The minimum atomic E-state index is -0.554. The van der Waals surface area contributed by atoms with Gasteiger partial charge in [-0.1, -0.05) is 126 Å². The Bertz CT molecular complexity index is 3520. The molecule has 0 atom stereocenters. The zero-order valence-electron chi connectivity index (χ0n) is 46.2. The lowest BCUT2D eigenvalue weighted by molar-refractivity contribution is -0.142. The maximum Gasteiger partial charge on any atom is 0.325 e. The van der Waals surface area contributed by atoms with Crippen molar-refractivity contribution >= 4 is 56.7 Å². The summed E-state index contributed by atoms with van der Waals surface area (Å²) in [5.74, 6) is -1.76. The number of fused-ring (bicyclic) bond motifs is 2. The minimum Gasteiger partial charge on any atom is -0.468 e. The Morgan fingerprint density at radius 3 is 1.59 bits per heavy atom. The maximum atomic E-state index is 13.1. The van der Waals surface area contributed by atoms with E-state index in [2.05, 4.69) is 73.4 Å². The summed E-state index contributed by atoms with van der Waals surface area (Å²) in [6.07, 6.45) is 28.7. The molecule has 0 radical (unpaired) electrons. The van der Waals surface area contributed by atoms with E-state index >= 15 is 0 Å². The van der Waals surface area contributed by atoms with Gasteiger partial charge in [-0.15, -0.1) is 0 Å². The molecular formula is C65H73N7O8. The molecule has 15 nitrogen and oxygen atoms in total. The zero-order valence-corrected chi connectivity index (χ0v) is 46.2. The van der Waals surface area contributed by atoms with Crippen LogP contribution in [0.1, 0.15) is 122 Å². The predicted octanol–water partition coefficient (Wildman–Crippen LogP) is 12.1. The van der Waals surface area contributed by atoms with E-state index in [4.69, 9.17) is 5.73 Å². The monoisotopic (exact) mass is 1080 g/mol. The number of nitrogens with two attached hydrogens (primary N) is 1. The van der Waals surface area contributed by atoms with Crippen LogP contribution in [0.25, 0.3) is 43.8 Å². The van der Waals surface area contributed by atoms with Crippen LogP contribution in [0.5, 0.6) is 0 Å². The Labute approximate surface area is 467 Å². The van der Waals surface area contributed by atoms with Crippen molar-refractivity contribution in [3.05, 3.63) is 189 Å². The van der Waals surface area contributed by atoms with Gasteiger partial charge in [-0.2, -0.15) is 0 Å². The molecule has 0 spiro atoms. The summed E-state index contributed by atoms with van der Waals surface area (Å²) in [4.78, 5) is 82.5. The molecule has 4 N–H and O–H groups in total. The molecule has 8 aromatic rings. The van der Waals surface area contributed by atoms with Crippen LogP contribution >= 0.6 is 0 Å². The third-order valence-corrected chi connectivity index (χ3v) is 14.1. The number of aryl methyl sites for hydroxylation is 2. The number of rotatable bonds is 26. The molecule has 4 aromatic heterocycles. The third kappa shape index (κ3) is 17.0. The number of aromatic nitrogens is 4. The molecule has 0 bridgehead atoms. The highest BCUT2D eigenvalue weighted by Crippen LogP contribution is 2.32. The molecule has 0 saturated carbocycles. The van der Waals surface area contributed by atoms with Crippen LogP contribution in [0.4, 0.5) is 11.4 Å². The normalized spacial score (nSPS) is 10.9. The van der Waals surface area contributed by atoms with Crippen LogP contribution < -0.4 is 27.5 Å². The molecule has 0 aliphatic heterocycles. The lowest BCUT2D eigenvalue weighted by atomic mass is 9.95. The number of hydrogen-bond acceptors (Lipinski definition) is 11. The molecule has 4 heterocycles. The number of methoxy groups -OCH3 is 2. The zero-order chi connectivity index (χ0) is 56.6. The summed E-state index contributed by atoms with van der Waals surface area (Å²) in [6.45, 7) is 2.54. The largest absolute Gasteiger partial charge is 0.468 e. The van der Waals surface area contributed by atoms with Crippen molar-refractivity contribution in [3.8, 4) is 22.3 Å². The first-order valence-electron chi connectivity index (χ1n) is 27.8. The summed E-state index contributed by atoms with van der Waals surface area (Å²) < 4.78 is 11.7. The van der Waals surface area contributed by atoms with Gasteiger partial charge in [0.25, 0.3) is 22.9 Å². The summed E-state index contributed by atoms with van der Waals surface area (Å²) >= 11 is 0. The van der Waals surface area contributed by atoms with E-state index in [0.717, 1.165) is 82.4 Å². The van der Waals surface area contributed by atoms with Crippen molar-refractivity contribution in [2.75, 3.05) is 31.4 Å². The van der Waals surface area contributed by atoms with Crippen LogP contribution in [0, 0.1) is 0 Å². The van der Waals surface area contributed by atoms with E-state index in [1.54, 1.807) is 12.1 Å². The summed E-state index contributed by atoms with van der Waals surface area (Å²) in [5.41, 5.74) is 12.9. The van der Waals surface area contributed by atoms with Gasteiger partial charge >= 0.3 is 11.9 Å². The number of ether oxygens (including phenoxy) is 2. The van der Waals surface area contributed by atoms with Crippen molar-refractivity contribution < 1.29 is 28.7 Å². The smallest absolute Gasteiger partial charge is 0.325 e. The molecule has 2 amide bonds. The molecule has 416 valence electrons. The van der Waals surface area contributed by atoms with Gasteiger partial charge in [0.05, 0.1) is 25.6 Å². The molecule has 0 unspecified atom stereocenters. The first-order valence-corrected chi connectivity index (χ1v) is 27.8. The lowest BCUT2D eigenvalue weighted by Crippen LogP contribution is -2.24. The van der Waals surface area contributed by atoms with Crippen molar-refractivity contribution in [1.82, 2.24) is 19.1 Å². The second kappa shape index (κ2) is 30.6.